The predicted octanol–water partition coefficient (Wildman–Crippen LogP) is 2.85. The molecule has 0 aromatic heterocycles. The first-order chi connectivity index (χ1) is 13.1. The van der Waals surface area contributed by atoms with Gasteiger partial charge in [-0.1, -0.05) is 29.8 Å². The number of hydrogen-bond acceptors (Lipinski definition) is 5. The molecule has 6 nitrogen and oxygen atoms in total. The zero-order chi connectivity index (χ0) is 20.9. The SMILES string of the molecule is Cc1ccc(CNC(=O)[C@@H](C)OC(=O)c2ccc(S(=O)(=O)C(F)F)cc2)cc1. The van der Waals surface area contributed by atoms with E-state index in [1.807, 2.05) is 31.2 Å². The van der Waals surface area contributed by atoms with Crippen molar-refractivity contribution >= 4 is 21.7 Å². The van der Waals surface area contributed by atoms with Crippen LogP contribution in [0.25, 0.3) is 0 Å². The van der Waals surface area contributed by atoms with Gasteiger partial charge in [-0.3, -0.25) is 4.79 Å². The van der Waals surface area contributed by atoms with Crippen LogP contribution in [0.5, 0.6) is 0 Å². The summed E-state index contributed by atoms with van der Waals surface area (Å²) in [6.45, 7) is 3.60. The zero-order valence-electron chi connectivity index (χ0n) is 15.2. The van der Waals surface area contributed by atoms with Gasteiger partial charge in [0, 0.05) is 6.54 Å². The fraction of sp³-hybridized carbons (Fsp3) is 0.263. The number of halogens is 2. The summed E-state index contributed by atoms with van der Waals surface area (Å²) in [5.74, 6) is -4.94. The average Bonchev–Trinajstić information content (AvgIpc) is 2.67. The molecule has 150 valence electrons. The third-order valence-corrected chi connectivity index (χ3v) is 5.29. The van der Waals surface area contributed by atoms with Crippen LogP contribution in [0.2, 0.25) is 0 Å². The van der Waals surface area contributed by atoms with E-state index in [0.717, 1.165) is 35.4 Å². The Morgan fingerprint density at radius 3 is 2.14 bits per heavy atom. The molecule has 0 unspecified atom stereocenters. The van der Waals surface area contributed by atoms with E-state index in [1.165, 1.54) is 6.92 Å². The van der Waals surface area contributed by atoms with Crippen LogP contribution in [-0.4, -0.2) is 32.2 Å². The number of amides is 1. The summed E-state index contributed by atoms with van der Waals surface area (Å²) < 4.78 is 52.8. The number of ether oxygens (including phenoxy) is 1. The van der Waals surface area contributed by atoms with Gasteiger partial charge < -0.3 is 10.1 Å². The van der Waals surface area contributed by atoms with Crippen LogP contribution in [-0.2, 0) is 25.9 Å². The minimum absolute atomic E-state index is 0.0635. The molecule has 0 radical (unpaired) electrons. The Hall–Kier alpha value is -2.81. The molecule has 1 N–H and O–H groups in total. The first kappa shape index (κ1) is 21.5. The summed E-state index contributed by atoms with van der Waals surface area (Å²) in [6.07, 6.45) is -1.09. The Morgan fingerprint density at radius 1 is 1.04 bits per heavy atom. The summed E-state index contributed by atoms with van der Waals surface area (Å²) in [4.78, 5) is 23.5. The number of carbonyl (C=O) groups excluding carboxylic acids is 2. The molecule has 0 aliphatic carbocycles. The third kappa shape index (κ3) is 5.35. The quantitative estimate of drug-likeness (QED) is 0.708. The molecule has 1 amide bonds. The lowest BCUT2D eigenvalue weighted by Crippen LogP contribution is -2.35. The molecule has 9 heteroatoms. The van der Waals surface area contributed by atoms with E-state index in [1.54, 1.807) is 0 Å². The molecule has 2 rings (SSSR count). The van der Waals surface area contributed by atoms with Gasteiger partial charge in [0.2, 0.25) is 9.84 Å². The van der Waals surface area contributed by atoms with Crippen LogP contribution < -0.4 is 5.32 Å². The molecule has 2 aromatic carbocycles. The van der Waals surface area contributed by atoms with Crippen LogP contribution in [0.4, 0.5) is 8.78 Å². The third-order valence-electron chi connectivity index (χ3n) is 3.89. The molecule has 0 spiro atoms. The number of aryl methyl sites for hydroxylation is 1. The first-order valence-electron chi connectivity index (χ1n) is 8.27. The summed E-state index contributed by atoms with van der Waals surface area (Å²) in [5, 5.41) is 2.64. The summed E-state index contributed by atoms with van der Waals surface area (Å²) in [6, 6.07) is 11.4. The second-order valence-corrected chi connectivity index (χ2v) is 8.00. The molecule has 0 saturated carbocycles. The Labute approximate surface area is 161 Å². The van der Waals surface area contributed by atoms with Crippen molar-refractivity contribution in [2.24, 2.45) is 0 Å². The molecule has 0 heterocycles. The van der Waals surface area contributed by atoms with Gasteiger partial charge in [0.15, 0.2) is 6.10 Å². The van der Waals surface area contributed by atoms with Crippen molar-refractivity contribution in [1.29, 1.82) is 0 Å². The molecular formula is C19H19F2NO5S. The topological polar surface area (TPSA) is 89.5 Å². The highest BCUT2D eigenvalue weighted by molar-refractivity contribution is 7.91. The molecule has 0 bridgehead atoms. The van der Waals surface area contributed by atoms with Crippen molar-refractivity contribution in [3.63, 3.8) is 0 Å². The number of hydrogen-bond donors (Lipinski definition) is 1. The van der Waals surface area contributed by atoms with Gasteiger partial charge in [-0.05, 0) is 43.7 Å². The van der Waals surface area contributed by atoms with Gasteiger partial charge in [0.25, 0.3) is 5.91 Å². The average molecular weight is 411 g/mol. The van der Waals surface area contributed by atoms with Crippen LogP contribution >= 0.6 is 0 Å². The van der Waals surface area contributed by atoms with E-state index in [0.29, 0.717) is 0 Å². The number of alkyl halides is 2. The van der Waals surface area contributed by atoms with Crippen molar-refractivity contribution in [1.82, 2.24) is 5.32 Å². The maximum absolute atomic E-state index is 12.5. The Balaban J connectivity index is 1.94. The normalized spacial score (nSPS) is 12.5. The lowest BCUT2D eigenvalue weighted by Gasteiger charge is -2.14. The number of esters is 1. The van der Waals surface area contributed by atoms with E-state index in [4.69, 9.17) is 4.74 Å². The molecule has 2 aromatic rings. The molecule has 0 aliphatic rings. The fourth-order valence-corrected chi connectivity index (χ4v) is 2.93. The number of sulfone groups is 1. The van der Waals surface area contributed by atoms with Crippen molar-refractivity contribution in [3.8, 4) is 0 Å². The van der Waals surface area contributed by atoms with Crippen molar-refractivity contribution < 1.29 is 31.5 Å². The summed E-state index contributed by atoms with van der Waals surface area (Å²) >= 11 is 0. The van der Waals surface area contributed by atoms with Crippen LogP contribution in [0.15, 0.2) is 53.4 Å². The number of carbonyl (C=O) groups is 2. The molecule has 0 saturated heterocycles. The highest BCUT2D eigenvalue weighted by Gasteiger charge is 2.27. The van der Waals surface area contributed by atoms with Gasteiger partial charge in [-0.15, -0.1) is 0 Å². The van der Waals surface area contributed by atoms with Crippen molar-refractivity contribution in [2.45, 2.75) is 37.1 Å². The van der Waals surface area contributed by atoms with Crippen LogP contribution in [0.3, 0.4) is 0 Å². The van der Waals surface area contributed by atoms with Crippen LogP contribution in [0, 0.1) is 6.92 Å². The summed E-state index contributed by atoms with van der Waals surface area (Å²) in [7, 11) is -4.74. The fourth-order valence-electron chi connectivity index (χ4n) is 2.20. The molecular weight excluding hydrogens is 392 g/mol. The minimum Gasteiger partial charge on any atom is -0.449 e. The van der Waals surface area contributed by atoms with Crippen molar-refractivity contribution in [2.75, 3.05) is 0 Å². The standard InChI is InChI=1S/C19H19F2NO5S/c1-12-3-5-14(6-4-12)11-22-17(23)13(2)27-18(24)15-7-9-16(10-8-15)28(25,26)19(20)21/h3-10,13,19H,11H2,1-2H3,(H,22,23)/t13-/m1/s1. The lowest BCUT2D eigenvalue weighted by atomic mass is 10.1. The van der Waals surface area contributed by atoms with Gasteiger partial charge in [0.1, 0.15) is 0 Å². The van der Waals surface area contributed by atoms with E-state index in [-0.39, 0.29) is 12.1 Å². The van der Waals surface area contributed by atoms with Gasteiger partial charge in [-0.2, -0.15) is 8.78 Å². The molecule has 0 fully saturated rings. The second kappa shape index (κ2) is 8.92. The first-order valence-corrected chi connectivity index (χ1v) is 9.82. The molecule has 1 atom stereocenters. The van der Waals surface area contributed by atoms with Gasteiger partial charge in [0.05, 0.1) is 10.5 Å². The van der Waals surface area contributed by atoms with E-state index in [9.17, 15) is 26.8 Å². The highest BCUT2D eigenvalue weighted by atomic mass is 32.2. The van der Waals surface area contributed by atoms with E-state index in [2.05, 4.69) is 5.32 Å². The Bertz CT molecular complexity index is 941. The maximum atomic E-state index is 12.5. The predicted molar refractivity (Wildman–Crippen MR) is 97.5 cm³/mol. The Kier molecular flexibility index (Phi) is 6.85. The lowest BCUT2D eigenvalue weighted by molar-refractivity contribution is -0.129. The second-order valence-electron chi connectivity index (χ2n) is 6.08. The number of nitrogens with one attached hydrogen (secondary N) is 1. The maximum Gasteiger partial charge on any atom is 0.341 e. The monoisotopic (exact) mass is 411 g/mol. The minimum atomic E-state index is -4.74. The smallest absolute Gasteiger partial charge is 0.341 e. The van der Waals surface area contributed by atoms with Gasteiger partial charge in [-0.25, -0.2) is 13.2 Å². The van der Waals surface area contributed by atoms with E-state index >= 15 is 0 Å². The van der Waals surface area contributed by atoms with Crippen LogP contribution in [0.1, 0.15) is 28.4 Å². The molecule has 28 heavy (non-hydrogen) atoms. The van der Waals surface area contributed by atoms with E-state index < -0.39 is 38.5 Å². The van der Waals surface area contributed by atoms with Gasteiger partial charge >= 0.3 is 11.7 Å². The largest absolute Gasteiger partial charge is 0.449 e. The highest BCUT2D eigenvalue weighted by Crippen LogP contribution is 2.19. The molecule has 0 aliphatic heterocycles. The number of rotatable bonds is 7. The van der Waals surface area contributed by atoms with Crippen molar-refractivity contribution in [3.05, 3.63) is 65.2 Å². The summed E-state index contributed by atoms with van der Waals surface area (Å²) in [5.41, 5.74) is 1.91. The zero-order valence-corrected chi connectivity index (χ0v) is 16.0. The Morgan fingerprint density at radius 2 is 1.61 bits per heavy atom. The number of benzene rings is 2.